The molecule has 5 nitrogen and oxygen atoms in total. The fourth-order valence-electron chi connectivity index (χ4n) is 2.70. The molecule has 3 rings (SSSR count). The summed E-state index contributed by atoms with van der Waals surface area (Å²) < 4.78 is 5.61. The predicted octanol–water partition coefficient (Wildman–Crippen LogP) is 5.33. The van der Waals surface area contributed by atoms with Crippen LogP contribution >= 0.6 is 23.2 Å². The maximum Gasteiger partial charge on any atom is 0.261 e. The van der Waals surface area contributed by atoms with Crippen molar-refractivity contribution in [2.75, 3.05) is 5.32 Å². The largest absolute Gasteiger partial charge is 0.479 e. The predicted molar refractivity (Wildman–Crippen MR) is 119 cm³/mol. The van der Waals surface area contributed by atoms with Crippen LogP contribution in [0.15, 0.2) is 72.8 Å². The molecular formula is C23H20Cl2N2O3. The number of amides is 2. The van der Waals surface area contributed by atoms with E-state index in [4.69, 9.17) is 27.9 Å². The summed E-state index contributed by atoms with van der Waals surface area (Å²) in [6, 6.07) is 21.2. The second-order valence-corrected chi connectivity index (χ2v) is 7.34. The molecule has 1 unspecified atom stereocenters. The van der Waals surface area contributed by atoms with Gasteiger partial charge in [0.15, 0.2) is 6.10 Å². The molecule has 0 aliphatic rings. The molecule has 0 saturated carbocycles. The van der Waals surface area contributed by atoms with Crippen LogP contribution in [-0.2, 0) is 11.3 Å². The van der Waals surface area contributed by atoms with Crippen molar-refractivity contribution in [2.45, 2.75) is 19.6 Å². The van der Waals surface area contributed by atoms with Crippen LogP contribution < -0.4 is 15.4 Å². The van der Waals surface area contributed by atoms with Gasteiger partial charge in [-0.05, 0) is 48.9 Å². The third-order valence-corrected chi connectivity index (χ3v) is 5.08. The average molecular weight is 443 g/mol. The topological polar surface area (TPSA) is 67.4 Å². The van der Waals surface area contributed by atoms with Crippen LogP contribution in [0.2, 0.25) is 10.0 Å². The SMILES string of the molecule is CC(Oc1cccc(Cl)c1Cl)C(=O)NCc1cccc(C(=O)Nc2ccccc2)c1. The molecule has 0 spiro atoms. The summed E-state index contributed by atoms with van der Waals surface area (Å²) >= 11 is 12.1. The van der Waals surface area contributed by atoms with Crippen molar-refractivity contribution in [3.8, 4) is 5.75 Å². The summed E-state index contributed by atoms with van der Waals surface area (Å²) in [4.78, 5) is 24.8. The maximum absolute atomic E-state index is 12.4. The smallest absolute Gasteiger partial charge is 0.261 e. The Morgan fingerprint density at radius 3 is 2.47 bits per heavy atom. The lowest BCUT2D eigenvalue weighted by Gasteiger charge is -2.16. The number of para-hydroxylation sites is 1. The average Bonchev–Trinajstić information content (AvgIpc) is 2.76. The van der Waals surface area contributed by atoms with E-state index in [2.05, 4.69) is 10.6 Å². The molecule has 0 saturated heterocycles. The maximum atomic E-state index is 12.4. The highest BCUT2D eigenvalue weighted by molar-refractivity contribution is 6.42. The minimum absolute atomic E-state index is 0.221. The molecular weight excluding hydrogens is 423 g/mol. The van der Waals surface area contributed by atoms with E-state index >= 15 is 0 Å². The zero-order chi connectivity index (χ0) is 21.5. The zero-order valence-electron chi connectivity index (χ0n) is 16.2. The summed E-state index contributed by atoms with van der Waals surface area (Å²) in [6.07, 6.45) is -0.773. The number of benzene rings is 3. The van der Waals surface area contributed by atoms with Gasteiger partial charge < -0.3 is 15.4 Å². The molecule has 30 heavy (non-hydrogen) atoms. The molecule has 2 N–H and O–H groups in total. The Morgan fingerprint density at radius 1 is 0.967 bits per heavy atom. The van der Waals surface area contributed by atoms with E-state index < -0.39 is 6.10 Å². The van der Waals surface area contributed by atoms with Crippen LogP contribution in [0.5, 0.6) is 5.75 Å². The fraction of sp³-hybridized carbons (Fsp3) is 0.130. The molecule has 0 aromatic heterocycles. The van der Waals surface area contributed by atoms with Gasteiger partial charge in [-0.15, -0.1) is 0 Å². The summed E-state index contributed by atoms with van der Waals surface area (Å²) in [5.74, 6) is -0.196. The normalized spacial score (nSPS) is 11.4. The first-order valence-electron chi connectivity index (χ1n) is 9.28. The van der Waals surface area contributed by atoms with Crippen molar-refractivity contribution < 1.29 is 14.3 Å². The molecule has 3 aromatic carbocycles. The first-order chi connectivity index (χ1) is 14.4. The molecule has 0 aliphatic heterocycles. The standard InChI is InChI=1S/C23H20Cl2N2O3/c1-15(30-20-12-6-11-19(24)21(20)25)22(28)26-14-16-7-5-8-17(13-16)23(29)27-18-9-3-2-4-10-18/h2-13,15H,14H2,1H3,(H,26,28)(H,27,29). The van der Waals surface area contributed by atoms with E-state index in [0.29, 0.717) is 22.0 Å². The monoisotopic (exact) mass is 442 g/mol. The van der Waals surface area contributed by atoms with Crippen LogP contribution in [0.25, 0.3) is 0 Å². The van der Waals surface area contributed by atoms with E-state index in [1.54, 1.807) is 43.3 Å². The molecule has 1 atom stereocenters. The van der Waals surface area contributed by atoms with Crippen molar-refractivity contribution in [1.82, 2.24) is 5.32 Å². The van der Waals surface area contributed by atoms with Crippen molar-refractivity contribution in [2.24, 2.45) is 0 Å². The molecule has 0 bridgehead atoms. The number of ether oxygens (including phenoxy) is 1. The highest BCUT2D eigenvalue weighted by Gasteiger charge is 2.17. The lowest BCUT2D eigenvalue weighted by atomic mass is 10.1. The number of hydrogen-bond acceptors (Lipinski definition) is 3. The Bertz CT molecular complexity index is 1040. The number of halogens is 2. The second-order valence-electron chi connectivity index (χ2n) is 6.55. The number of hydrogen-bond donors (Lipinski definition) is 2. The van der Waals surface area contributed by atoms with Crippen LogP contribution in [-0.4, -0.2) is 17.9 Å². The highest BCUT2D eigenvalue weighted by Crippen LogP contribution is 2.32. The lowest BCUT2D eigenvalue weighted by molar-refractivity contribution is -0.127. The Balaban J connectivity index is 1.57. The van der Waals surface area contributed by atoms with Gasteiger partial charge in [0.05, 0.1) is 5.02 Å². The zero-order valence-corrected chi connectivity index (χ0v) is 17.7. The molecule has 0 heterocycles. The summed E-state index contributed by atoms with van der Waals surface area (Å²) in [5, 5.41) is 6.25. The fourth-order valence-corrected chi connectivity index (χ4v) is 3.04. The third-order valence-electron chi connectivity index (χ3n) is 4.28. The number of nitrogens with one attached hydrogen (secondary N) is 2. The number of anilines is 1. The van der Waals surface area contributed by atoms with Crippen LogP contribution in [0.4, 0.5) is 5.69 Å². The summed E-state index contributed by atoms with van der Waals surface area (Å²) in [5.41, 5.74) is 2.00. The highest BCUT2D eigenvalue weighted by atomic mass is 35.5. The molecule has 154 valence electrons. The Morgan fingerprint density at radius 2 is 1.70 bits per heavy atom. The number of carbonyl (C=O) groups excluding carboxylic acids is 2. The first-order valence-corrected chi connectivity index (χ1v) is 10.0. The second kappa shape index (κ2) is 10.1. The molecule has 2 amide bonds. The van der Waals surface area contributed by atoms with Crippen molar-refractivity contribution in [3.63, 3.8) is 0 Å². The molecule has 3 aromatic rings. The van der Waals surface area contributed by atoms with Crippen LogP contribution in [0, 0.1) is 0 Å². The minimum Gasteiger partial charge on any atom is -0.479 e. The van der Waals surface area contributed by atoms with Gasteiger partial charge in [0.1, 0.15) is 10.8 Å². The lowest BCUT2D eigenvalue weighted by Crippen LogP contribution is -2.36. The van der Waals surface area contributed by atoms with Gasteiger partial charge in [-0.3, -0.25) is 9.59 Å². The number of rotatable bonds is 7. The van der Waals surface area contributed by atoms with Gasteiger partial charge in [-0.25, -0.2) is 0 Å². The Labute approximate surface area is 185 Å². The van der Waals surface area contributed by atoms with Crippen molar-refractivity contribution in [3.05, 3.63) is 94.0 Å². The van der Waals surface area contributed by atoms with Gasteiger partial charge in [0.2, 0.25) is 0 Å². The minimum atomic E-state index is -0.773. The molecule has 7 heteroatoms. The Kier molecular flexibility index (Phi) is 7.33. The summed E-state index contributed by atoms with van der Waals surface area (Å²) in [6.45, 7) is 1.87. The van der Waals surface area contributed by atoms with E-state index in [1.807, 2.05) is 36.4 Å². The van der Waals surface area contributed by atoms with Gasteiger partial charge >= 0.3 is 0 Å². The first kappa shape index (κ1) is 21.7. The molecule has 0 fully saturated rings. The summed E-state index contributed by atoms with van der Waals surface area (Å²) in [7, 11) is 0. The van der Waals surface area contributed by atoms with E-state index in [0.717, 1.165) is 5.56 Å². The quantitative estimate of drug-likeness (QED) is 0.519. The van der Waals surface area contributed by atoms with E-state index in [9.17, 15) is 9.59 Å². The van der Waals surface area contributed by atoms with Gasteiger partial charge in [0, 0.05) is 17.8 Å². The van der Waals surface area contributed by atoms with Gasteiger partial charge in [-0.2, -0.15) is 0 Å². The van der Waals surface area contributed by atoms with Crippen LogP contribution in [0.1, 0.15) is 22.8 Å². The van der Waals surface area contributed by atoms with Crippen LogP contribution in [0.3, 0.4) is 0 Å². The van der Waals surface area contributed by atoms with Crippen molar-refractivity contribution in [1.29, 1.82) is 0 Å². The van der Waals surface area contributed by atoms with Gasteiger partial charge in [0.25, 0.3) is 11.8 Å². The van der Waals surface area contributed by atoms with E-state index in [1.165, 1.54) is 0 Å². The van der Waals surface area contributed by atoms with E-state index in [-0.39, 0.29) is 23.4 Å². The molecule has 0 aliphatic carbocycles. The van der Waals surface area contributed by atoms with Crippen molar-refractivity contribution >= 4 is 40.7 Å². The Hall–Kier alpha value is -3.02. The number of carbonyl (C=O) groups is 2. The third kappa shape index (κ3) is 5.75. The van der Waals surface area contributed by atoms with Gasteiger partial charge in [-0.1, -0.05) is 59.6 Å². The molecule has 0 radical (unpaired) electrons.